The predicted molar refractivity (Wildman–Crippen MR) is 99.3 cm³/mol. The van der Waals surface area contributed by atoms with E-state index in [1.165, 1.54) is 26.2 Å². The number of non-ortho nitro benzene ring substituents is 1. The molecule has 0 saturated carbocycles. The summed E-state index contributed by atoms with van der Waals surface area (Å²) in [5.41, 5.74) is 0.717. The first-order valence-corrected chi connectivity index (χ1v) is 8.21. The first kappa shape index (κ1) is 20.2. The van der Waals surface area contributed by atoms with Crippen molar-refractivity contribution in [1.82, 2.24) is 0 Å². The third-order valence-corrected chi connectivity index (χ3v) is 4.20. The van der Waals surface area contributed by atoms with Crippen LogP contribution in [-0.2, 0) is 9.53 Å². The molecule has 0 aromatic heterocycles. The van der Waals surface area contributed by atoms with Gasteiger partial charge in [-0.2, -0.15) is 0 Å². The van der Waals surface area contributed by atoms with E-state index in [-0.39, 0.29) is 17.0 Å². The molecule has 2 rings (SSSR count). The van der Waals surface area contributed by atoms with Crippen LogP contribution in [0, 0.1) is 17.0 Å². The topological polar surface area (TPSA) is 108 Å². The van der Waals surface area contributed by atoms with Crippen LogP contribution in [-0.4, -0.2) is 30.0 Å². The van der Waals surface area contributed by atoms with Crippen molar-refractivity contribution < 1.29 is 24.0 Å². The molecule has 0 unspecified atom stereocenters. The molecule has 0 fully saturated rings. The number of nitrogens with zero attached hydrogens (tertiary/aromatic N) is 1. The molecule has 0 aliphatic rings. The van der Waals surface area contributed by atoms with Gasteiger partial charge in [0.25, 0.3) is 11.6 Å². The SMILES string of the molecule is COc1ccc([N+](=O)[O-])cc1C(=O)O[C@@H](C)C(=O)Nc1cccc(Cl)c1C. The van der Waals surface area contributed by atoms with Gasteiger partial charge in [-0.25, -0.2) is 4.79 Å². The van der Waals surface area contributed by atoms with E-state index >= 15 is 0 Å². The largest absolute Gasteiger partial charge is 0.496 e. The average molecular weight is 393 g/mol. The summed E-state index contributed by atoms with van der Waals surface area (Å²) in [7, 11) is 1.32. The van der Waals surface area contributed by atoms with Crippen molar-refractivity contribution in [2.75, 3.05) is 12.4 Å². The first-order valence-electron chi connectivity index (χ1n) is 7.84. The molecule has 0 bridgehead atoms. The molecule has 0 aliphatic heterocycles. The summed E-state index contributed by atoms with van der Waals surface area (Å²) in [6, 6.07) is 8.55. The maximum absolute atomic E-state index is 12.4. The van der Waals surface area contributed by atoms with Gasteiger partial charge in [0.15, 0.2) is 6.10 Å². The Kier molecular flexibility index (Phi) is 6.36. The Morgan fingerprint density at radius 2 is 1.96 bits per heavy atom. The van der Waals surface area contributed by atoms with Gasteiger partial charge in [-0.3, -0.25) is 14.9 Å². The maximum atomic E-state index is 12.4. The lowest BCUT2D eigenvalue weighted by atomic mass is 10.1. The number of nitro benzene ring substituents is 1. The van der Waals surface area contributed by atoms with Crippen LogP contribution in [0.2, 0.25) is 5.02 Å². The Bertz CT molecular complexity index is 899. The number of methoxy groups -OCH3 is 1. The smallest absolute Gasteiger partial charge is 0.342 e. The summed E-state index contributed by atoms with van der Waals surface area (Å²) in [6.45, 7) is 3.12. The Morgan fingerprint density at radius 1 is 1.26 bits per heavy atom. The van der Waals surface area contributed by atoms with E-state index in [2.05, 4.69) is 5.32 Å². The molecule has 1 amide bonds. The van der Waals surface area contributed by atoms with Crippen molar-refractivity contribution in [3.63, 3.8) is 0 Å². The molecule has 0 radical (unpaired) electrons. The molecule has 2 aromatic rings. The van der Waals surface area contributed by atoms with Crippen molar-refractivity contribution in [2.45, 2.75) is 20.0 Å². The standard InChI is InChI=1S/C18H17ClN2O6/c1-10-14(19)5-4-6-15(10)20-17(22)11(2)27-18(23)13-9-12(21(24)25)7-8-16(13)26-3/h4-9,11H,1-3H3,(H,20,22)/t11-/m0/s1. The zero-order chi connectivity index (χ0) is 20.1. The summed E-state index contributed by atoms with van der Waals surface area (Å²) in [4.78, 5) is 34.9. The van der Waals surface area contributed by atoms with Crippen LogP contribution in [0.3, 0.4) is 0 Å². The highest BCUT2D eigenvalue weighted by Crippen LogP contribution is 2.26. The molecule has 27 heavy (non-hydrogen) atoms. The summed E-state index contributed by atoms with van der Waals surface area (Å²) in [5.74, 6) is -1.39. The highest BCUT2D eigenvalue weighted by atomic mass is 35.5. The quantitative estimate of drug-likeness (QED) is 0.455. The minimum atomic E-state index is -1.15. The van der Waals surface area contributed by atoms with E-state index in [4.69, 9.17) is 21.1 Å². The van der Waals surface area contributed by atoms with Crippen molar-refractivity contribution in [1.29, 1.82) is 0 Å². The minimum Gasteiger partial charge on any atom is -0.496 e. The van der Waals surface area contributed by atoms with Crippen molar-refractivity contribution >= 4 is 34.9 Å². The fourth-order valence-corrected chi connectivity index (χ4v) is 2.40. The lowest BCUT2D eigenvalue weighted by Crippen LogP contribution is -2.30. The van der Waals surface area contributed by atoms with Gasteiger partial charge in [-0.15, -0.1) is 0 Å². The molecular weight excluding hydrogens is 376 g/mol. The normalized spacial score (nSPS) is 11.4. The van der Waals surface area contributed by atoms with Crippen LogP contribution in [0.5, 0.6) is 5.75 Å². The third kappa shape index (κ3) is 4.73. The third-order valence-electron chi connectivity index (χ3n) is 3.79. The molecule has 8 nitrogen and oxygen atoms in total. The second-order valence-corrected chi connectivity index (χ2v) is 6.00. The van der Waals surface area contributed by atoms with Gasteiger partial charge in [-0.1, -0.05) is 17.7 Å². The van der Waals surface area contributed by atoms with Gasteiger partial charge in [0.05, 0.1) is 12.0 Å². The van der Waals surface area contributed by atoms with E-state index < -0.39 is 22.9 Å². The van der Waals surface area contributed by atoms with E-state index in [9.17, 15) is 19.7 Å². The number of halogens is 1. The zero-order valence-corrected chi connectivity index (χ0v) is 15.6. The molecule has 0 spiro atoms. The van der Waals surface area contributed by atoms with E-state index in [1.54, 1.807) is 25.1 Å². The van der Waals surface area contributed by atoms with E-state index in [1.807, 2.05) is 0 Å². The second kappa shape index (κ2) is 8.50. The number of esters is 1. The number of rotatable bonds is 6. The van der Waals surface area contributed by atoms with Gasteiger partial charge < -0.3 is 14.8 Å². The lowest BCUT2D eigenvalue weighted by Gasteiger charge is -2.16. The summed E-state index contributed by atoms with van der Waals surface area (Å²) in [5, 5.41) is 14.0. The number of amides is 1. The van der Waals surface area contributed by atoms with Crippen LogP contribution >= 0.6 is 11.6 Å². The number of hydrogen-bond acceptors (Lipinski definition) is 6. The Balaban J connectivity index is 2.15. The van der Waals surface area contributed by atoms with Crippen LogP contribution in [0.1, 0.15) is 22.8 Å². The highest BCUT2D eigenvalue weighted by molar-refractivity contribution is 6.31. The minimum absolute atomic E-state index is 0.101. The molecule has 142 valence electrons. The molecule has 2 aromatic carbocycles. The number of ether oxygens (including phenoxy) is 2. The molecular formula is C18H17ClN2O6. The average Bonchev–Trinajstić information content (AvgIpc) is 2.64. The number of anilines is 1. The molecule has 9 heteroatoms. The monoisotopic (exact) mass is 392 g/mol. The Labute approximate surface area is 160 Å². The van der Waals surface area contributed by atoms with Gasteiger partial charge in [-0.05, 0) is 37.6 Å². The number of nitrogens with one attached hydrogen (secondary N) is 1. The fraction of sp³-hybridized carbons (Fsp3) is 0.222. The van der Waals surface area contributed by atoms with Crippen molar-refractivity contribution in [3.05, 3.63) is 62.7 Å². The summed E-state index contributed by atoms with van der Waals surface area (Å²) in [6.07, 6.45) is -1.15. The van der Waals surface area contributed by atoms with Crippen molar-refractivity contribution in [2.24, 2.45) is 0 Å². The number of nitro groups is 1. The molecule has 1 atom stereocenters. The van der Waals surface area contributed by atoms with E-state index in [0.717, 1.165) is 6.07 Å². The lowest BCUT2D eigenvalue weighted by molar-refractivity contribution is -0.384. The van der Waals surface area contributed by atoms with Gasteiger partial charge in [0.2, 0.25) is 0 Å². The van der Waals surface area contributed by atoms with Gasteiger partial charge >= 0.3 is 5.97 Å². The molecule has 0 aliphatic carbocycles. The summed E-state index contributed by atoms with van der Waals surface area (Å²) < 4.78 is 10.2. The first-order chi connectivity index (χ1) is 12.7. The molecule has 1 N–H and O–H groups in total. The summed E-state index contributed by atoms with van der Waals surface area (Å²) >= 11 is 6.01. The van der Waals surface area contributed by atoms with Crippen molar-refractivity contribution in [3.8, 4) is 5.75 Å². The van der Waals surface area contributed by atoms with Crippen LogP contribution < -0.4 is 10.1 Å². The zero-order valence-electron chi connectivity index (χ0n) is 14.8. The number of hydrogen-bond donors (Lipinski definition) is 1. The molecule has 0 saturated heterocycles. The fourth-order valence-electron chi connectivity index (χ4n) is 2.22. The van der Waals surface area contributed by atoms with Crippen LogP contribution in [0.15, 0.2) is 36.4 Å². The molecule has 0 heterocycles. The maximum Gasteiger partial charge on any atom is 0.342 e. The number of benzene rings is 2. The van der Waals surface area contributed by atoms with Gasteiger partial charge in [0.1, 0.15) is 11.3 Å². The Morgan fingerprint density at radius 3 is 2.59 bits per heavy atom. The Hall–Kier alpha value is -3.13. The predicted octanol–water partition coefficient (Wildman–Crippen LogP) is 3.75. The van der Waals surface area contributed by atoms with E-state index in [0.29, 0.717) is 16.3 Å². The van der Waals surface area contributed by atoms with Crippen LogP contribution in [0.25, 0.3) is 0 Å². The second-order valence-electron chi connectivity index (χ2n) is 5.59. The number of carbonyl (C=O) groups excluding carboxylic acids is 2. The highest BCUT2D eigenvalue weighted by Gasteiger charge is 2.24. The van der Waals surface area contributed by atoms with Gasteiger partial charge in [0, 0.05) is 22.8 Å². The van der Waals surface area contributed by atoms with Crippen LogP contribution in [0.4, 0.5) is 11.4 Å². The number of carbonyl (C=O) groups is 2.